The number of fused-ring (bicyclic) bond motifs is 3. The average molecular weight is 320 g/mol. The zero-order valence-electron chi connectivity index (χ0n) is 13.6. The molecule has 0 saturated carbocycles. The van der Waals surface area contributed by atoms with Gasteiger partial charge in [0.05, 0.1) is 18.5 Å². The molecule has 4 nitrogen and oxygen atoms in total. The Kier molecular flexibility index (Phi) is 4.64. The van der Waals surface area contributed by atoms with Crippen LogP contribution in [0.2, 0.25) is 0 Å². The van der Waals surface area contributed by atoms with Crippen LogP contribution < -0.4 is 5.56 Å². The van der Waals surface area contributed by atoms with Gasteiger partial charge in [0.1, 0.15) is 10.7 Å². The molecule has 0 radical (unpaired) electrons. The van der Waals surface area contributed by atoms with E-state index in [2.05, 4.69) is 13.8 Å². The van der Waals surface area contributed by atoms with Gasteiger partial charge in [0.2, 0.25) is 0 Å². The number of nitrogens with zero attached hydrogens (tertiary/aromatic N) is 2. The molecule has 5 heteroatoms. The summed E-state index contributed by atoms with van der Waals surface area (Å²) in [6.07, 6.45) is 5.12. The van der Waals surface area contributed by atoms with Gasteiger partial charge in [-0.05, 0) is 37.2 Å². The molecule has 0 aliphatic heterocycles. The lowest BCUT2D eigenvalue weighted by atomic mass is 9.89. The minimum atomic E-state index is 0.137. The third-order valence-corrected chi connectivity index (χ3v) is 5.64. The predicted octanol–water partition coefficient (Wildman–Crippen LogP) is 3.18. The van der Waals surface area contributed by atoms with Gasteiger partial charge in [-0.2, -0.15) is 0 Å². The van der Waals surface area contributed by atoms with Crippen LogP contribution in [-0.4, -0.2) is 23.3 Å². The molecule has 2 aromatic rings. The number of methoxy groups -OCH3 is 1. The second-order valence-corrected chi connectivity index (χ2v) is 7.34. The van der Waals surface area contributed by atoms with Crippen molar-refractivity contribution in [2.24, 2.45) is 5.92 Å². The van der Waals surface area contributed by atoms with Gasteiger partial charge >= 0.3 is 0 Å². The maximum absolute atomic E-state index is 13.0. The number of hydrogen-bond acceptors (Lipinski definition) is 4. The Hall–Kier alpha value is -1.20. The minimum Gasteiger partial charge on any atom is -0.383 e. The number of thiophene rings is 1. The molecule has 0 amide bonds. The van der Waals surface area contributed by atoms with E-state index in [1.165, 1.54) is 16.9 Å². The molecule has 1 aliphatic rings. The fourth-order valence-electron chi connectivity index (χ4n) is 3.29. The van der Waals surface area contributed by atoms with Crippen molar-refractivity contribution in [3.05, 3.63) is 26.6 Å². The number of hydrogen-bond donors (Lipinski definition) is 0. The molecule has 3 rings (SSSR count). The van der Waals surface area contributed by atoms with Crippen LogP contribution in [0, 0.1) is 5.92 Å². The quantitative estimate of drug-likeness (QED) is 0.850. The summed E-state index contributed by atoms with van der Waals surface area (Å²) in [4.78, 5) is 20.2. The van der Waals surface area contributed by atoms with E-state index in [0.29, 0.717) is 19.1 Å². The third-order valence-electron chi connectivity index (χ3n) is 4.49. The van der Waals surface area contributed by atoms with Crippen molar-refractivity contribution in [3.8, 4) is 0 Å². The standard InChI is InChI=1S/C17H24N2O2S/c1-4-5-14-18-16-15(17(20)19(14)8-9-21-3)12-7-6-11(2)10-13(12)22-16/h11H,4-10H2,1-3H3. The van der Waals surface area contributed by atoms with Crippen molar-refractivity contribution in [1.29, 1.82) is 0 Å². The molecule has 0 aromatic carbocycles. The normalized spacial score (nSPS) is 17.9. The molecule has 120 valence electrons. The summed E-state index contributed by atoms with van der Waals surface area (Å²) >= 11 is 1.73. The second kappa shape index (κ2) is 6.50. The van der Waals surface area contributed by atoms with Crippen molar-refractivity contribution in [2.75, 3.05) is 13.7 Å². The fourth-order valence-corrected chi connectivity index (χ4v) is 4.69. The van der Waals surface area contributed by atoms with Gasteiger partial charge in [0.25, 0.3) is 5.56 Å². The van der Waals surface area contributed by atoms with Crippen LogP contribution in [0.15, 0.2) is 4.79 Å². The lowest BCUT2D eigenvalue weighted by molar-refractivity contribution is 0.185. The highest BCUT2D eigenvalue weighted by Gasteiger charge is 2.24. The molecule has 0 saturated heterocycles. The van der Waals surface area contributed by atoms with E-state index in [1.807, 2.05) is 4.57 Å². The van der Waals surface area contributed by atoms with Gasteiger partial charge in [0.15, 0.2) is 0 Å². The molecule has 22 heavy (non-hydrogen) atoms. The van der Waals surface area contributed by atoms with E-state index < -0.39 is 0 Å². The maximum atomic E-state index is 13.0. The molecule has 1 aliphatic carbocycles. The predicted molar refractivity (Wildman–Crippen MR) is 90.9 cm³/mol. The van der Waals surface area contributed by atoms with Crippen LogP contribution >= 0.6 is 11.3 Å². The van der Waals surface area contributed by atoms with Gasteiger partial charge in [-0.1, -0.05) is 13.8 Å². The summed E-state index contributed by atoms with van der Waals surface area (Å²) < 4.78 is 7.00. The summed E-state index contributed by atoms with van der Waals surface area (Å²) in [5.74, 6) is 1.62. The van der Waals surface area contributed by atoms with Gasteiger partial charge in [0, 0.05) is 18.4 Å². The van der Waals surface area contributed by atoms with Gasteiger partial charge in [-0.3, -0.25) is 9.36 Å². The Morgan fingerprint density at radius 1 is 1.45 bits per heavy atom. The Morgan fingerprint density at radius 2 is 2.27 bits per heavy atom. The van der Waals surface area contributed by atoms with Gasteiger partial charge in [-0.15, -0.1) is 11.3 Å². The van der Waals surface area contributed by atoms with Crippen LogP contribution in [-0.2, 0) is 30.5 Å². The zero-order chi connectivity index (χ0) is 15.7. The number of aryl methyl sites for hydroxylation is 2. The second-order valence-electron chi connectivity index (χ2n) is 6.26. The lowest BCUT2D eigenvalue weighted by Gasteiger charge is -2.17. The van der Waals surface area contributed by atoms with E-state index in [-0.39, 0.29) is 5.56 Å². The van der Waals surface area contributed by atoms with Crippen LogP contribution in [0.4, 0.5) is 0 Å². The van der Waals surface area contributed by atoms with Crippen LogP contribution in [0.5, 0.6) is 0 Å². The first-order valence-corrected chi connectivity index (χ1v) is 9.00. The lowest BCUT2D eigenvalue weighted by Crippen LogP contribution is -2.27. The molecule has 2 heterocycles. The highest BCUT2D eigenvalue weighted by atomic mass is 32.1. The monoisotopic (exact) mass is 320 g/mol. The Morgan fingerprint density at radius 3 is 3.00 bits per heavy atom. The third kappa shape index (κ3) is 2.72. The molecule has 2 aromatic heterocycles. The number of aromatic nitrogens is 2. The van der Waals surface area contributed by atoms with E-state index >= 15 is 0 Å². The van der Waals surface area contributed by atoms with Crippen molar-refractivity contribution < 1.29 is 4.74 Å². The molecule has 0 N–H and O–H groups in total. The highest BCUT2D eigenvalue weighted by Crippen LogP contribution is 2.35. The molecular weight excluding hydrogens is 296 g/mol. The van der Waals surface area contributed by atoms with Gasteiger partial charge in [-0.25, -0.2) is 4.98 Å². The first-order chi connectivity index (χ1) is 10.7. The van der Waals surface area contributed by atoms with Crippen LogP contribution in [0.1, 0.15) is 43.0 Å². The summed E-state index contributed by atoms with van der Waals surface area (Å²) in [6.45, 7) is 5.56. The van der Waals surface area contributed by atoms with Crippen molar-refractivity contribution in [2.45, 2.75) is 52.5 Å². The van der Waals surface area contributed by atoms with Gasteiger partial charge < -0.3 is 4.74 Å². The fraction of sp³-hybridized carbons (Fsp3) is 0.647. The van der Waals surface area contributed by atoms with E-state index in [9.17, 15) is 4.79 Å². The number of rotatable bonds is 5. The summed E-state index contributed by atoms with van der Waals surface area (Å²) in [5, 5.41) is 0.878. The average Bonchev–Trinajstić information content (AvgIpc) is 2.84. The van der Waals surface area contributed by atoms with Crippen molar-refractivity contribution >= 4 is 21.6 Å². The first-order valence-electron chi connectivity index (χ1n) is 8.18. The first kappa shape index (κ1) is 15.7. The molecule has 0 fully saturated rings. The summed E-state index contributed by atoms with van der Waals surface area (Å²) in [5.41, 5.74) is 1.40. The minimum absolute atomic E-state index is 0.137. The Labute approximate surface area is 135 Å². The van der Waals surface area contributed by atoms with Crippen molar-refractivity contribution in [3.63, 3.8) is 0 Å². The smallest absolute Gasteiger partial charge is 0.262 e. The maximum Gasteiger partial charge on any atom is 0.262 e. The van der Waals surface area contributed by atoms with Crippen LogP contribution in [0.25, 0.3) is 10.2 Å². The summed E-state index contributed by atoms with van der Waals surface area (Å²) in [6, 6.07) is 0. The molecule has 0 spiro atoms. The summed E-state index contributed by atoms with van der Waals surface area (Å²) in [7, 11) is 1.67. The molecule has 0 bridgehead atoms. The Balaban J connectivity index is 2.17. The van der Waals surface area contributed by atoms with Crippen molar-refractivity contribution in [1.82, 2.24) is 9.55 Å². The largest absolute Gasteiger partial charge is 0.383 e. The highest BCUT2D eigenvalue weighted by molar-refractivity contribution is 7.18. The van der Waals surface area contributed by atoms with E-state index in [0.717, 1.165) is 41.7 Å². The van der Waals surface area contributed by atoms with E-state index in [1.54, 1.807) is 18.4 Å². The Bertz CT molecular complexity index is 732. The molecule has 1 unspecified atom stereocenters. The zero-order valence-corrected chi connectivity index (χ0v) is 14.5. The molecular formula is C17H24N2O2S. The molecule has 1 atom stereocenters. The topological polar surface area (TPSA) is 44.1 Å². The number of ether oxygens (including phenoxy) is 1. The van der Waals surface area contributed by atoms with E-state index in [4.69, 9.17) is 9.72 Å². The SMILES string of the molecule is CCCc1nc2sc3c(c2c(=O)n1CCOC)CCC(C)C3. The van der Waals surface area contributed by atoms with Crippen LogP contribution in [0.3, 0.4) is 0 Å².